The largest absolute Gasteiger partial charge is 1.00 e. The van der Waals surface area contributed by atoms with Gasteiger partial charge in [-0.15, -0.1) is 0 Å². The molecule has 0 aliphatic carbocycles. The van der Waals surface area contributed by atoms with Crippen LogP contribution < -0.4 is 40.2 Å². The molecular formula is C37H43BF4N8NaO9S2. The van der Waals surface area contributed by atoms with Crippen molar-refractivity contribution >= 4 is 57.8 Å². The fourth-order valence-corrected chi connectivity index (χ4v) is 9.78. The van der Waals surface area contributed by atoms with Crippen molar-refractivity contribution in [2.75, 3.05) is 43.9 Å². The van der Waals surface area contributed by atoms with E-state index in [1.54, 1.807) is 0 Å². The fraction of sp³-hybridized carbons (Fsp3) is 0.378. The number of nitrogens with zero attached hydrogens (tertiary/aromatic N) is 6. The average Bonchev–Trinajstić information content (AvgIpc) is 3.27. The van der Waals surface area contributed by atoms with E-state index in [0.29, 0.717) is 11.4 Å². The number of urea groups is 2. The second-order valence-corrected chi connectivity index (χ2v) is 17.2. The van der Waals surface area contributed by atoms with Gasteiger partial charge >= 0.3 is 52.1 Å². The number of benzene rings is 2. The molecule has 0 unspecified atom stereocenters. The van der Waals surface area contributed by atoms with Gasteiger partial charge in [0, 0.05) is 59.1 Å². The van der Waals surface area contributed by atoms with E-state index in [2.05, 4.69) is 31.0 Å². The third-order valence-corrected chi connectivity index (χ3v) is 13.7. The predicted octanol–water partition coefficient (Wildman–Crippen LogP) is 1.22. The standard InChI is InChI=1S/C18H20F2N4O4S.C18H18F2N4O4S.CH4O.B.Na.H/c2*19-18(20,29(27,28)16-4-2-1-3-13(16)12-25)14-6-9-24(10-7-14)17(26)23-15-5-8-21-22-11-15;1-2;;;/h1-5,8,11,14,25H,6-7,9-10,12H2,(H,21,23,26);1-5,8,11-12,14H,6-7,9-10H2,(H,21,23,26);2H,1H3;;;/q;;;;+1;-1. The first-order valence-electron chi connectivity index (χ1n) is 18.1. The molecule has 4 amide bonds. The van der Waals surface area contributed by atoms with Gasteiger partial charge in [-0.2, -0.15) is 38.0 Å². The van der Waals surface area contributed by atoms with Gasteiger partial charge in [-0.25, -0.2) is 26.4 Å². The van der Waals surface area contributed by atoms with Crippen LogP contribution in [0.5, 0.6) is 0 Å². The van der Waals surface area contributed by atoms with Crippen molar-refractivity contribution in [1.29, 1.82) is 0 Å². The Bertz CT molecular complexity index is 2310. The molecule has 2 aromatic carbocycles. The molecule has 2 aromatic heterocycles. The minimum atomic E-state index is -5.07. The molecule has 2 aliphatic heterocycles. The number of aliphatic hydroxyl groups is 2. The normalized spacial score (nSPS) is 14.9. The minimum absolute atomic E-state index is 0. The molecule has 4 aromatic rings. The minimum Gasteiger partial charge on any atom is -1.00 e. The van der Waals surface area contributed by atoms with E-state index in [1.807, 2.05) is 0 Å². The van der Waals surface area contributed by atoms with Crippen LogP contribution in [0.2, 0.25) is 0 Å². The zero-order valence-corrected chi connectivity index (χ0v) is 37.2. The number of carbonyl (C=O) groups is 3. The zero-order valence-electron chi connectivity index (χ0n) is 34.5. The molecule has 4 N–H and O–H groups in total. The van der Waals surface area contributed by atoms with Gasteiger partial charge in [0.05, 0.1) is 52.6 Å². The van der Waals surface area contributed by atoms with Crippen LogP contribution in [0.3, 0.4) is 0 Å². The Balaban J connectivity index is 0.000000580. The number of amides is 4. The quantitative estimate of drug-likeness (QED) is 0.0996. The zero-order chi connectivity index (χ0) is 44.1. The summed E-state index contributed by atoms with van der Waals surface area (Å²) in [7, 11) is -9.06. The van der Waals surface area contributed by atoms with E-state index in [0.717, 1.165) is 19.2 Å². The summed E-state index contributed by atoms with van der Waals surface area (Å²) in [4.78, 5) is 37.0. The SMILES string of the molecule is CO.O=C(Nc1ccnnc1)N1CCC(C(F)(F)S(=O)(=O)c2ccccc2CO)CC1.O=Cc1ccccc1S(=O)(=O)C(F)(F)C1CCN(C(=O)Nc2ccnnc2)CC1.[B].[H-].[Na+]. The van der Waals surface area contributed by atoms with Crippen molar-refractivity contribution in [3.8, 4) is 0 Å². The number of aldehydes is 1. The molecule has 2 fully saturated rings. The first-order valence-corrected chi connectivity index (χ1v) is 21.1. The summed E-state index contributed by atoms with van der Waals surface area (Å²) in [6, 6.07) is 12.1. The summed E-state index contributed by atoms with van der Waals surface area (Å²) >= 11 is 0. The Kier molecular flexibility index (Phi) is 20.5. The summed E-state index contributed by atoms with van der Waals surface area (Å²) in [6.45, 7) is -0.748. The topological polar surface area (TPSA) is 242 Å². The number of sulfone groups is 2. The van der Waals surface area contributed by atoms with E-state index in [1.165, 1.54) is 83.1 Å². The number of aliphatic hydroxyl groups excluding tert-OH is 2. The van der Waals surface area contributed by atoms with Gasteiger partial charge in [0.1, 0.15) is 0 Å². The number of hydrogen-bond donors (Lipinski definition) is 4. The van der Waals surface area contributed by atoms with Gasteiger partial charge in [-0.3, -0.25) is 4.79 Å². The van der Waals surface area contributed by atoms with Crippen LogP contribution in [-0.4, -0.2) is 128 Å². The van der Waals surface area contributed by atoms with Crippen LogP contribution in [0, 0.1) is 11.8 Å². The Hall–Kier alpha value is -4.59. The number of rotatable bonds is 10. The van der Waals surface area contributed by atoms with Crippen LogP contribution in [0.4, 0.5) is 38.5 Å². The van der Waals surface area contributed by atoms with Gasteiger partial charge in [0.25, 0.3) is 0 Å². The molecule has 0 saturated carbocycles. The van der Waals surface area contributed by atoms with Crippen LogP contribution in [-0.2, 0) is 26.3 Å². The summed E-state index contributed by atoms with van der Waals surface area (Å²) < 4.78 is 110. The Morgan fingerprint density at radius 1 is 0.710 bits per heavy atom. The van der Waals surface area contributed by atoms with Crippen molar-refractivity contribution in [1.82, 2.24) is 30.2 Å². The van der Waals surface area contributed by atoms with Crippen molar-refractivity contribution in [2.24, 2.45) is 11.8 Å². The van der Waals surface area contributed by atoms with Crippen LogP contribution in [0.15, 0.2) is 95.2 Å². The number of piperidine rings is 2. The number of hydrogen-bond acceptors (Lipinski definition) is 13. The molecule has 0 bridgehead atoms. The summed E-state index contributed by atoms with van der Waals surface area (Å²) in [5.41, 5.74) is 0.441. The van der Waals surface area contributed by atoms with Gasteiger partial charge < -0.3 is 32.1 Å². The number of carbonyl (C=O) groups excluding carboxylic acids is 3. The maximum Gasteiger partial charge on any atom is 1.00 e. The van der Waals surface area contributed by atoms with Crippen LogP contribution >= 0.6 is 0 Å². The smallest absolute Gasteiger partial charge is 1.00 e. The second kappa shape index (κ2) is 23.7. The van der Waals surface area contributed by atoms with Crippen molar-refractivity contribution < 1.29 is 90.0 Å². The van der Waals surface area contributed by atoms with Crippen LogP contribution in [0.25, 0.3) is 0 Å². The third-order valence-electron chi connectivity index (χ3n) is 9.67. The number of alkyl halides is 4. The van der Waals surface area contributed by atoms with E-state index in [-0.39, 0.29) is 109 Å². The number of aromatic nitrogens is 4. The molecule has 17 nitrogen and oxygen atoms in total. The predicted molar refractivity (Wildman–Crippen MR) is 214 cm³/mol. The number of nitrogens with one attached hydrogen (secondary N) is 2. The number of likely N-dealkylation sites (tertiary alicyclic amines) is 2. The van der Waals surface area contributed by atoms with Crippen molar-refractivity contribution in [3.05, 3.63) is 96.6 Å². The van der Waals surface area contributed by atoms with Gasteiger partial charge in [-0.1, -0.05) is 36.4 Å². The number of halogens is 4. The Morgan fingerprint density at radius 2 is 1.10 bits per heavy atom. The monoisotopic (exact) mass is 917 g/mol. The molecule has 2 saturated heterocycles. The van der Waals surface area contributed by atoms with Gasteiger partial charge in [-0.05, 0) is 55.5 Å². The Morgan fingerprint density at radius 3 is 1.48 bits per heavy atom. The summed E-state index contributed by atoms with van der Waals surface area (Å²) in [6.07, 6.45) is 4.99. The molecule has 0 spiro atoms. The summed E-state index contributed by atoms with van der Waals surface area (Å²) in [5, 5.41) is 27.8. The van der Waals surface area contributed by atoms with Gasteiger partial charge in [0.2, 0.25) is 19.7 Å². The molecule has 4 heterocycles. The molecule has 329 valence electrons. The molecule has 3 radical (unpaired) electrons. The molecule has 0 atom stereocenters. The van der Waals surface area contributed by atoms with Crippen LogP contribution in [0.1, 0.15) is 43.0 Å². The van der Waals surface area contributed by atoms with Crippen molar-refractivity contribution in [2.45, 2.75) is 52.6 Å². The Labute approximate surface area is 380 Å². The maximum absolute atomic E-state index is 15.0. The third kappa shape index (κ3) is 12.3. The summed E-state index contributed by atoms with van der Waals surface area (Å²) in [5.74, 6) is -2.91. The molecule has 2 aliphatic rings. The van der Waals surface area contributed by atoms with E-state index in [4.69, 9.17) is 5.11 Å². The number of anilines is 2. The molecular weight excluding hydrogens is 874 g/mol. The van der Waals surface area contributed by atoms with Gasteiger partial charge in [0.15, 0.2) is 6.29 Å². The maximum atomic E-state index is 15.0. The van der Waals surface area contributed by atoms with E-state index in [9.17, 15) is 53.9 Å². The first-order chi connectivity index (χ1) is 28.5. The first kappa shape index (κ1) is 53.6. The second-order valence-electron chi connectivity index (χ2n) is 13.2. The molecule has 62 heavy (non-hydrogen) atoms. The van der Waals surface area contributed by atoms with Crippen molar-refractivity contribution in [3.63, 3.8) is 0 Å². The molecule has 25 heteroatoms. The van der Waals surface area contributed by atoms with E-state index < -0.39 is 70.5 Å². The fourth-order valence-electron chi connectivity index (χ4n) is 6.42. The molecule has 6 rings (SSSR count). The average molecular weight is 918 g/mol. The van der Waals surface area contributed by atoms with E-state index >= 15 is 0 Å².